The smallest absolute Gasteiger partial charge is 0.253 e. The second-order valence-electron chi connectivity index (χ2n) is 7.60. The van der Waals surface area contributed by atoms with Gasteiger partial charge in [0, 0.05) is 37.4 Å². The first kappa shape index (κ1) is 25.7. The average molecular weight is 447 g/mol. The Morgan fingerprint density at radius 3 is 2.48 bits per heavy atom. The molecule has 0 bridgehead atoms. The maximum Gasteiger partial charge on any atom is 0.253 e. The van der Waals surface area contributed by atoms with Gasteiger partial charge in [0.1, 0.15) is 6.10 Å². The second-order valence-corrected chi connectivity index (χ2v) is 7.60. The van der Waals surface area contributed by atoms with Crippen LogP contribution in [0.15, 0.2) is 24.3 Å². The average Bonchev–Trinajstić information content (AvgIpc) is 3.17. The van der Waals surface area contributed by atoms with E-state index in [2.05, 4.69) is 17.3 Å². The monoisotopic (exact) mass is 446 g/mol. The number of nitrogens with one attached hydrogen (secondary N) is 1. The van der Waals surface area contributed by atoms with E-state index in [1.165, 1.54) is 0 Å². The zero-order valence-electron chi connectivity index (χ0n) is 17.0. The summed E-state index contributed by atoms with van der Waals surface area (Å²) in [5.41, 5.74) is 6.88. The van der Waals surface area contributed by atoms with Crippen molar-refractivity contribution in [2.45, 2.75) is 43.9 Å². The number of ether oxygens (including phenoxy) is 1. The predicted molar refractivity (Wildman–Crippen MR) is 119 cm³/mol. The van der Waals surface area contributed by atoms with Crippen LogP contribution in [0.5, 0.6) is 0 Å². The molecule has 0 aromatic heterocycles. The molecule has 0 spiro atoms. The zero-order chi connectivity index (χ0) is 19.4. The molecule has 0 aliphatic carbocycles. The van der Waals surface area contributed by atoms with Gasteiger partial charge in [0.25, 0.3) is 11.8 Å². The number of carbonyl (C=O) groups excluding carboxylic acids is 2. The van der Waals surface area contributed by atoms with Crippen molar-refractivity contribution in [1.29, 1.82) is 0 Å². The van der Waals surface area contributed by atoms with E-state index < -0.39 is 6.10 Å². The number of hydrogen-bond acceptors (Lipinski definition) is 5. The number of amides is 2. The van der Waals surface area contributed by atoms with Gasteiger partial charge in [-0.15, -0.1) is 24.8 Å². The van der Waals surface area contributed by atoms with E-state index in [4.69, 9.17) is 10.5 Å². The van der Waals surface area contributed by atoms with Crippen LogP contribution >= 0.6 is 24.8 Å². The molecule has 1 aromatic rings. The van der Waals surface area contributed by atoms with Gasteiger partial charge in [0.05, 0.1) is 6.10 Å². The lowest BCUT2D eigenvalue weighted by atomic mass is 10.0. The summed E-state index contributed by atoms with van der Waals surface area (Å²) in [6, 6.07) is 7.30. The lowest BCUT2D eigenvalue weighted by molar-refractivity contribution is -0.126. The van der Waals surface area contributed by atoms with Crippen LogP contribution in [-0.2, 0) is 9.53 Å². The minimum Gasteiger partial charge on any atom is -0.364 e. The molecule has 1 aromatic carbocycles. The zero-order valence-corrected chi connectivity index (χ0v) is 18.6. The van der Waals surface area contributed by atoms with Gasteiger partial charge in [-0.3, -0.25) is 9.59 Å². The normalized spacial score (nSPS) is 24.2. The van der Waals surface area contributed by atoms with Crippen molar-refractivity contribution in [3.8, 4) is 0 Å². The summed E-state index contributed by atoms with van der Waals surface area (Å²) in [5.74, 6) is -0.148. The molecule has 2 aliphatic rings. The Kier molecular flexibility index (Phi) is 10.4. The van der Waals surface area contributed by atoms with Crippen LogP contribution in [0.4, 0.5) is 5.69 Å². The number of carbonyl (C=O) groups is 2. The van der Waals surface area contributed by atoms with E-state index >= 15 is 0 Å². The predicted octanol–water partition coefficient (Wildman–Crippen LogP) is 2.14. The number of rotatable bonds is 5. The minimum atomic E-state index is -0.450. The van der Waals surface area contributed by atoms with Gasteiger partial charge in [-0.25, -0.2) is 0 Å². The summed E-state index contributed by atoms with van der Waals surface area (Å²) >= 11 is 0. The fourth-order valence-corrected chi connectivity index (χ4v) is 3.82. The molecule has 3 atom stereocenters. The van der Waals surface area contributed by atoms with Gasteiger partial charge in [-0.1, -0.05) is 0 Å². The highest BCUT2D eigenvalue weighted by Crippen LogP contribution is 2.21. The van der Waals surface area contributed by atoms with Gasteiger partial charge in [-0.2, -0.15) is 0 Å². The van der Waals surface area contributed by atoms with Crippen molar-refractivity contribution < 1.29 is 14.3 Å². The van der Waals surface area contributed by atoms with Gasteiger partial charge >= 0.3 is 0 Å². The first-order valence-electron chi connectivity index (χ1n) is 9.70. The summed E-state index contributed by atoms with van der Waals surface area (Å²) in [5, 5.41) is 2.86. The van der Waals surface area contributed by atoms with E-state index in [1.54, 1.807) is 24.3 Å². The summed E-state index contributed by atoms with van der Waals surface area (Å²) in [6.45, 7) is 2.43. The van der Waals surface area contributed by atoms with E-state index in [0.717, 1.165) is 32.4 Å². The maximum atomic E-state index is 12.8. The van der Waals surface area contributed by atoms with Crippen LogP contribution in [-0.4, -0.2) is 73.6 Å². The quantitative estimate of drug-likeness (QED) is 0.722. The number of hydrogen-bond donors (Lipinski definition) is 2. The lowest BCUT2D eigenvalue weighted by Crippen LogP contribution is -2.47. The third-order valence-electron chi connectivity index (χ3n) is 5.53. The van der Waals surface area contributed by atoms with E-state index in [1.807, 2.05) is 11.9 Å². The molecule has 2 aliphatic heterocycles. The molecule has 7 nitrogen and oxygen atoms in total. The Morgan fingerprint density at radius 1 is 1.21 bits per heavy atom. The fourth-order valence-electron chi connectivity index (χ4n) is 3.82. The van der Waals surface area contributed by atoms with E-state index in [9.17, 15) is 9.59 Å². The summed E-state index contributed by atoms with van der Waals surface area (Å²) < 4.78 is 5.61. The Morgan fingerprint density at radius 2 is 1.90 bits per heavy atom. The molecular formula is C20H32Cl2N4O3. The Hall–Kier alpha value is -1.38. The number of likely N-dealkylation sites (N-methyl/N-ethyl adjacent to an activating group) is 2. The molecule has 3 rings (SSSR count). The van der Waals surface area contributed by atoms with E-state index in [0.29, 0.717) is 24.2 Å². The van der Waals surface area contributed by atoms with Gasteiger partial charge in [-0.05, 0) is 63.5 Å². The molecule has 0 radical (unpaired) electrons. The SMILES string of the molecule is CN1CCCC(N(C)C(=O)c2ccc(NC(=O)[C@@H]3CC[C@H](CN)O3)cc2)C1.Cl.Cl. The van der Waals surface area contributed by atoms with Gasteiger partial charge in [0.15, 0.2) is 0 Å². The Balaban J connectivity index is 0.00000210. The second kappa shape index (κ2) is 11.7. The molecule has 1 unspecified atom stereocenters. The van der Waals surface area contributed by atoms with Crippen molar-refractivity contribution in [2.24, 2.45) is 5.73 Å². The first-order valence-corrected chi connectivity index (χ1v) is 9.70. The van der Waals surface area contributed by atoms with Crippen molar-refractivity contribution in [3.63, 3.8) is 0 Å². The number of piperidine rings is 1. The molecule has 3 N–H and O–H groups in total. The van der Waals surface area contributed by atoms with E-state index in [-0.39, 0.29) is 48.8 Å². The Labute approximate surface area is 185 Å². The highest BCUT2D eigenvalue weighted by atomic mass is 35.5. The van der Waals surface area contributed by atoms with Gasteiger partial charge in [0.2, 0.25) is 0 Å². The molecule has 2 heterocycles. The topological polar surface area (TPSA) is 87.9 Å². The number of benzene rings is 1. The van der Waals surface area contributed by atoms with Crippen molar-refractivity contribution in [3.05, 3.63) is 29.8 Å². The molecular weight excluding hydrogens is 415 g/mol. The highest BCUT2D eigenvalue weighted by molar-refractivity contribution is 5.97. The molecule has 29 heavy (non-hydrogen) atoms. The molecule has 9 heteroatoms. The standard InChI is InChI=1S/C20H30N4O3.2ClH/c1-23-11-3-4-16(13-23)24(2)20(26)14-5-7-15(8-6-14)22-19(25)18-10-9-17(12-21)27-18;;/h5-8,16-18H,3-4,9-13,21H2,1-2H3,(H,22,25);2*1H/t16?,17-,18+;;/m1../s1. The van der Waals surface area contributed by atoms with Crippen molar-refractivity contribution >= 4 is 42.3 Å². The Bertz CT molecular complexity index is 674. The van der Waals surface area contributed by atoms with Crippen molar-refractivity contribution in [1.82, 2.24) is 9.80 Å². The van der Waals surface area contributed by atoms with Crippen LogP contribution < -0.4 is 11.1 Å². The third-order valence-corrected chi connectivity index (χ3v) is 5.53. The maximum absolute atomic E-state index is 12.8. The number of nitrogens with zero attached hydrogens (tertiary/aromatic N) is 2. The number of halogens is 2. The minimum absolute atomic E-state index is 0. The van der Waals surface area contributed by atoms with Gasteiger partial charge < -0.3 is 25.6 Å². The number of anilines is 1. The van der Waals surface area contributed by atoms with Crippen LogP contribution in [0.2, 0.25) is 0 Å². The first-order chi connectivity index (χ1) is 13.0. The fraction of sp³-hybridized carbons (Fsp3) is 0.600. The molecule has 0 saturated carbocycles. The molecule has 2 saturated heterocycles. The van der Waals surface area contributed by atoms with Crippen molar-refractivity contribution in [2.75, 3.05) is 39.0 Å². The summed E-state index contributed by atoms with van der Waals surface area (Å²) in [6.07, 6.45) is 3.16. The highest BCUT2D eigenvalue weighted by Gasteiger charge is 2.30. The largest absolute Gasteiger partial charge is 0.364 e. The third kappa shape index (κ3) is 6.55. The molecule has 164 valence electrons. The summed E-state index contributed by atoms with van der Waals surface area (Å²) in [7, 11) is 3.96. The molecule has 2 amide bonds. The number of likely N-dealkylation sites (tertiary alicyclic amines) is 1. The number of nitrogens with two attached hydrogens (primary N) is 1. The van der Waals surface area contributed by atoms with Crippen LogP contribution in [0.25, 0.3) is 0 Å². The van der Waals surface area contributed by atoms with Crippen LogP contribution in [0.1, 0.15) is 36.0 Å². The molecule has 2 fully saturated rings. The van der Waals surface area contributed by atoms with Crippen LogP contribution in [0, 0.1) is 0 Å². The van der Waals surface area contributed by atoms with Crippen LogP contribution in [0.3, 0.4) is 0 Å². The summed E-state index contributed by atoms with van der Waals surface area (Å²) in [4.78, 5) is 29.1. The lowest BCUT2D eigenvalue weighted by Gasteiger charge is -2.35.